The normalized spacial score (nSPS) is 17.8. The maximum Gasteiger partial charge on any atom is 0.159 e. The average molecular weight is 337 g/mol. The van der Waals surface area contributed by atoms with Crippen LogP contribution >= 0.6 is 0 Å². The molecule has 0 bridgehead atoms. The Morgan fingerprint density at radius 2 is 2.00 bits per heavy atom. The Kier molecular flexibility index (Phi) is 4.46. The first-order valence-electron chi connectivity index (χ1n) is 8.84. The fourth-order valence-corrected chi connectivity index (χ4v) is 3.41. The van der Waals surface area contributed by atoms with Crippen molar-refractivity contribution >= 4 is 10.9 Å². The molecule has 0 fully saturated rings. The highest BCUT2D eigenvalue weighted by Gasteiger charge is 2.28. The molecule has 0 spiro atoms. The first-order chi connectivity index (χ1) is 12.3. The Morgan fingerprint density at radius 1 is 1.12 bits per heavy atom. The van der Waals surface area contributed by atoms with Crippen LogP contribution in [0, 0.1) is 0 Å². The SMILES string of the molecule is CCOCc1nnc2n1CCN(Cc1ccc3ccccc3n1)C2C. The van der Waals surface area contributed by atoms with Crippen molar-refractivity contribution in [2.24, 2.45) is 0 Å². The zero-order valence-corrected chi connectivity index (χ0v) is 14.7. The number of aromatic nitrogens is 4. The van der Waals surface area contributed by atoms with Gasteiger partial charge >= 0.3 is 0 Å². The topological polar surface area (TPSA) is 56.1 Å². The Balaban J connectivity index is 1.52. The molecule has 3 aromatic rings. The fraction of sp³-hybridized carbons (Fsp3) is 0.421. The molecule has 1 aliphatic heterocycles. The van der Waals surface area contributed by atoms with E-state index in [1.165, 1.54) is 5.39 Å². The van der Waals surface area contributed by atoms with E-state index < -0.39 is 0 Å². The Bertz CT molecular complexity index is 875. The van der Waals surface area contributed by atoms with Gasteiger partial charge in [0.05, 0.1) is 17.3 Å². The van der Waals surface area contributed by atoms with E-state index in [2.05, 4.69) is 50.9 Å². The third-order valence-corrected chi connectivity index (χ3v) is 4.84. The summed E-state index contributed by atoms with van der Waals surface area (Å²) in [5.74, 6) is 1.94. The molecule has 1 unspecified atom stereocenters. The van der Waals surface area contributed by atoms with Crippen LogP contribution in [0.1, 0.15) is 37.2 Å². The van der Waals surface area contributed by atoms with E-state index in [-0.39, 0.29) is 6.04 Å². The van der Waals surface area contributed by atoms with Gasteiger partial charge in [-0.05, 0) is 26.0 Å². The molecule has 2 aromatic heterocycles. The molecule has 1 aromatic carbocycles. The summed E-state index contributed by atoms with van der Waals surface area (Å²) in [6.07, 6.45) is 0. The molecule has 1 aliphatic rings. The summed E-state index contributed by atoms with van der Waals surface area (Å²) in [4.78, 5) is 7.21. The van der Waals surface area contributed by atoms with Gasteiger partial charge in [-0.1, -0.05) is 24.3 Å². The molecule has 0 N–H and O–H groups in total. The van der Waals surface area contributed by atoms with Gasteiger partial charge in [-0.25, -0.2) is 0 Å². The summed E-state index contributed by atoms with van der Waals surface area (Å²) >= 11 is 0. The molecule has 130 valence electrons. The predicted molar refractivity (Wildman–Crippen MR) is 95.9 cm³/mol. The van der Waals surface area contributed by atoms with E-state index in [1.54, 1.807) is 0 Å². The van der Waals surface area contributed by atoms with E-state index in [9.17, 15) is 0 Å². The summed E-state index contributed by atoms with van der Waals surface area (Å²) in [5.41, 5.74) is 2.14. The number of benzene rings is 1. The van der Waals surface area contributed by atoms with E-state index in [1.807, 2.05) is 19.1 Å². The number of pyridine rings is 1. The lowest BCUT2D eigenvalue weighted by atomic mass is 10.1. The minimum atomic E-state index is 0.213. The highest BCUT2D eigenvalue weighted by atomic mass is 16.5. The predicted octanol–water partition coefficient (Wildman–Crippen LogP) is 2.94. The van der Waals surface area contributed by atoms with Crippen LogP contribution in [0.5, 0.6) is 0 Å². The summed E-state index contributed by atoms with van der Waals surface area (Å²) < 4.78 is 7.69. The van der Waals surface area contributed by atoms with Crippen molar-refractivity contribution < 1.29 is 4.74 Å². The van der Waals surface area contributed by atoms with Gasteiger partial charge < -0.3 is 9.30 Å². The van der Waals surface area contributed by atoms with Crippen LogP contribution < -0.4 is 0 Å². The number of hydrogen-bond donors (Lipinski definition) is 0. The van der Waals surface area contributed by atoms with E-state index in [0.29, 0.717) is 13.2 Å². The third kappa shape index (κ3) is 3.15. The van der Waals surface area contributed by atoms with E-state index >= 15 is 0 Å². The molecule has 0 saturated heterocycles. The number of para-hydroxylation sites is 1. The van der Waals surface area contributed by atoms with Gasteiger partial charge in [-0.15, -0.1) is 10.2 Å². The quantitative estimate of drug-likeness (QED) is 0.716. The first-order valence-corrected chi connectivity index (χ1v) is 8.84. The van der Waals surface area contributed by atoms with Crippen molar-refractivity contribution in [1.29, 1.82) is 0 Å². The largest absolute Gasteiger partial charge is 0.374 e. The molecule has 1 atom stereocenters. The minimum absolute atomic E-state index is 0.213. The minimum Gasteiger partial charge on any atom is -0.374 e. The first kappa shape index (κ1) is 16.2. The number of rotatable bonds is 5. The highest BCUT2D eigenvalue weighted by molar-refractivity contribution is 5.78. The molecule has 4 rings (SSSR count). The summed E-state index contributed by atoms with van der Waals surface area (Å²) in [6, 6.07) is 12.7. The van der Waals surface area contributed by atoms with Gasteiger partial charge in [0.25, 0.3) is 0 Å². The maximum absolute atomic E-state index is 5.50. The summed E-state index contributed by atoms with van der Waals surface area (Å²) in [7, 11) is 0. The Hall–Kier alpha value is -2.31. The number of ether oxygens (including phenoxy) is 1. The van der Waals surface area contributed by atoms with Crippen LogP contribution in [0.2, 0.25) is 0 Å². The third-order valence-electron chi connectivity index (χ3n) is 4.84. The van der Waals surface area contributed by atoms with Crippen LogP contribution in [0.3, 0.4) is 0 Å². The lowest BCUT2D eigenvalue weighted by molar-refractivity contribution is 0.117. The maximum atomic E-state index is 5.50. The highest BCUT2D eigenvalue weighted by Crippen LogP contribution is 2.26. The number of nitrogens with zero attached hydrogens (tertiary/aromatic N) is 5. The number of hydrogen-bond acceptors (Lipinski definition) is 5. The van der Waals surface area contributed by atoms with Crippen LogP contribution in [0.15, 0.2) is 36.4 Å². The van der Waals surface area contributed by atoms with Crippen molar-refractivity contribution in [3.63, 3.8) is 0 Å². The molecule has 6 nitrogen and oxygen atoms in total. The lowest BCUT2D eigenvalue weighted by Gasteiger charge is -2.33. The molecule has 0 radical (unpaired) electrons. The summed E-state index contributed by atoms with van der Waals surface area (Å²) in [6.45, 7) is 8.07. The summed E-state index contributed by atoms with van der Waals surface area (Å²) in [5, 5.41) is 9.90. The lowest BCUT2D eigenvalue weighted by Crippen LogP contribution is -2.37. The monoisotopic (exact) mass is 337 g/mol. The van der Waals surface area contributed by atoms with Crippen molar-refractivity contribution in [2.45, 2.75) is 39.6 Å². The van der Waals surface area contributed by atoms with Crippen LogP contribution in [-0.4, -0.2) is 37.8 Å². The van der Waals surface area contributed by atoms with Gasteiger partial charge in [0.15, 0.2) is 5.82 Å². The standard InChI is InChI=1S/C19H23N5O/c1-3-25-13-18-21-22-19-14(2)23(10-11-24(18)19)12-16-9-8-15-6-4-5-7-17(15)20-16/h4-9,14H,3,10-13H2,1-2H3. The molecular formula is C19H23N5O. The van der Waals surface area contributed by atoms with Crippen LogP contribution in [0.25, 0.3) is 10.9 Å². The van der Waals surface area contributed by atoms with E-state index in [4.69, 9.17) is 9.72 Å². The van der Waals surface area contributed by atoms with Gasteiger partial charge in [0.1, 0.15) is 12.4 Å². The molecule has 6 heteroatoms. The van der Waals surface area contributed by atoms with Crippen molar-refractivity contribution in [3.8, 4) is 0 Å². The zero-order chi connectivity index (χ0) is 17.2. The smallest absolute Gasteiger partial charge is 0.159 e. The molecule has 0 amide bonds. The van der Waals surface area contributed by atoms with Crippen molar-refractivity contribution in [3.05, 3.63) is 53.7 Å². The molecular weight excluding hydrogens is 314 g/mol. The Labute approximate surface area is 147 Å². The van der Waals surface area contributed by atoms with Gasteiger partial charge in [0, 0.05) is 31.6 Å². The van der Waals surface area contributed by atoms with Gasteiger partial charge in [-0.3, -0.25) is 9.88 Å². The molecule has 25 heavy (non-hydrogen) atoms. The van der Waals surface area contributed by atoms with Crippen molar-refractivity contribution in [1.82, 2.24) is 24.6 Å². The van der Waals surface area contributed by atoms with E-state index in [0.717, 1.165) is 42.5 Å². The molecule has 0 aliphatic carbocycles. The molecule has 0 saturated carbocycles. The fourth-order valence-electron chi connectivity index (χ4n) is 3.41. The zero-order valence-electron chi connectivity index (χ0n) is 14.7. The van der Waals surface area contributed by atoms with Crippen LogP contribution in [0.4, 0.5) is 0 Å². The van der Waals surface area contributed by atoms with Gasteiger partial charge in [-0.2, -0.15) is 0 Å². The average Bonchev–Trinajstić information content (AvgIpc) is 3.06. The second-order valence-electron chi connectivity index (χ2n) is 6.40. The Morgan fingerprint density at radius 3 is 2.88 bits per heavy atom. The van der Waals surface area contributed by atoms with Gasteiger partial charge in [0.2, 0.25) is 0 Å². The second kappa shape index (κ2) is 6.90. The van der Waals surface area contributed by atoms with Crippen LogP contribution in [-0.2, 0) is 24.4 Å². The van der Waals surface area contributed by atoms with Crippen molar-refractivity contribution in [2.75, 3.05) is 13.2 Å². The number of fused-ring (bicyclic) bond motifs is 2. The second-order valence-corrected chi connectivity index (χ2v) is 6.40. The molecule has 3 heterocycles.